The lowest BCUT2D eigenvalue weighted by atomic mass is 9.77. The molecule has 0 atom stereocenters. The van der Waals surface area contributed by atoms with E-state index in [2.05, 4.69) is 36.8 Å². The van der Waals surface area contributed by atoms with Crippen molar-refractivity contribution < 1.29 is 4.79 Å². The smallest absolute Gasteiger partial charge is 0.229 e. The Morgan fingerprint density at radius 1 is 1.04 bits per heavy atom. The number of aromatic nitrogens is 1. The van der Waals surface area contributed by atoms with E-state index in [1.165, 1.54) is 32.1 Å². The van der Waals surface area contributed by atoms with Gasteiger partial charge in [0.1, 0.15) is 5.82 Å². The Balaban J connectivity index is 1.41. The first-order valence-corrected chi connectivity index (χ1v) is 10.1. The van der Waals surface area contributed by atoms with Crippen LogP contribution in [0, 0.1) is 5.41 Å². The Morgan fingerprint density at radius 2 is 1.75 bits per heavy atom. The van der Waals surface area contributed by atoms with Crippen LogP contribution >= 0.6 is 15.9 Å². The number of piperidine rings is 1. The number of amides is 1. The first-order valence-electron chi connectivity index (χ1n) is 9.36. The van der Waals surface area contributed by atoms with E-state index in [1.807, 2.05) is 12.3 Å². The van der Waals surface area contributed by atoms with Gasteiger partial charge in [-0.25, -0.2) is 4.98 Å². The van der Waals surface area contributed by atoms with Crippen LogP contribution in [0.4, 0.5) is 5.82 Å². The first-order chi connectivity index (χ1) is 11.7. The quantitative estimate of drug-likeness (QED) is 0.764. The summed E-state index contributed by atoms with van der Waals surface area (Å²) in [6.07, 6.45) is 11.2. The predicted molar refractivity (Wildman–Crippen MR) is 99.0 cm³/mol. The summed E-state index contributed by atoms with van der Waals surface area (Å²) in [7, 11) is 0. The number of anilines is 1. The van der Waals surface area contributed by atoms with Crippen molar-refractivity contribution in [2.45, 2.75) is 57.4 Å². The molecule has 24 heavy (non-hydrogen) atoms. The number of likely N-dealkylation sites (tertiary alicyclic amines) is 1. The van der Waals surface area contributed by atoms with Crippen molar-refractivity contribution in [2.75, 3.05) is 24.5 Å². The van der Waals surface area contributed by atoms with Crippen LogP contribution in [0.1, 0.15) is 51.4 Å². The second-order valence-corrected chi connectivity index (χ2v) is 8.56. The Bertz CT molecular complexity index is 589. The highest BCUT2D eigenvalue weighted by atomic mass is 79.9. The summed E-state index contributed by atoms with van der Waals surface area (Å²) >= 11 is 3.44. The Morgan fingerprint density at radius 3 is 2.42 bits per heavy atom. The normalized spacial score (nSPS) is 24.8. The van der Waals surface area contributed by atoms with Crippen molar-refractivity contribution in [3.8, 4) is 0 Å². The number of pyridine rings is 1. The lowest BCUT2D eigenvalue weighted by Crippen LogP contribution is -2.47. The molecule has 0 N–H and O–H groups in total. The van der Waals surface area contributed by atoms with E-state index in [0.29, 0.717) is 11.9 Å². The van der Waals surface area contributed by atoms with E-state index in [1.54, 1.807) is 0 Å². The van der Waals surface area contributed by atoms with Gasteiger partial charge < -0.3 is 9.80 Å². The van der Waals surface area contributed by atoms with Crippen LogP contribution in [0.2, 0.25) is 0 Å². The Hall–Kier alpha value is -1.10. The molecule has 3 heterocycles. The molecule has 1 spiro atoms. The fraction of sp³-hybridized carbons (Fsp3) is 0.684. The van der Waals surface area contributed by atoms with Gasteiger partial charge in [0.15, 0.2) is 0 Å². The number of nitrogens with zero attached hydrogens (tertiary/aromatic N) is 3. The van der Waals surface area contributed by atoms with Gasteiger partial charge in [0.2, 0.25) is 5.91 Å². The van der Waals surface area contributed by atoms with Crippen LogP contribution in [0.5, 0.6) is 0 Å². The number of hydrogen-bond acceptors (Lipinski definition) is 3. The SMILES string of the molecule is O=C1N(C2CCCCC2)CCC12CCN(c1ccc(Br)cn1)CC2. The summed E-state index contributed by atoms with van der Waals surface area (Å²) in [5.74, 6) is 1.49. The van der Waals surface area contributed by atoms with Gasteiger partial charge in [0.05, 0.1) is 5.41 Å². The van der Waals surface area contributed by atoms with Crippen LogP contribution in [-0.2, 0) is 4.79 Å². The van der Waals surface area contributed by atoms with Crippen molar-refractivity contribution in [1.82, 2.24) is 9.88 Å². The zero-order chi connectivity index (χ0) is 16.6. The zero-order valence-corrected chi connectivity index (χ0v) is 15.8. The largest absolute Gasteiger partial charge is 0.357 e. The van der Waals surface area contributed by atoms with Gasteiger partial charge in [-0.05, 0) is 60.2 Å². The monoisotopic (exact) mass is 391 g/mol. The third-order valence-electron chi connectivity index (χ3n) is 6.32. The minimum Gasteiger partial charge on any atom is -0.357 e. The second kappa shape index (κ2) is 6.66. The van der Waals surface area contributed by atoms with Gasteiger partial charge >= 0.3 is 0 Å². The number of halogens is 1. The van der Waals surface area contributed by atoms with E-state index >= 15 is 0 Å². The summed E-state index contributed by atoms with van der Waals surface area (Å²) in [6.45, 7) is 2.87. The molecule has 4 nitrogen and oxygen atoms in total. The fourth-order valence-electron chi connectivity index (χ4n) is 4.77. The van der Waals surface area contributed by atoms with Crippen molar-refractivity contribution in [2.24, 2.45) is 5.41 Å². The Kier molecular flexibility index (Phi) is 4.54. The van der Waals surface area contributed by atoms with E-state index in [-0.39, 0.29) is 5.41 Å². The van der Waals surface area contributed by atoms with Gasteiger partial charge in [-0.3, -0.25) is 4.79 Å². The molecule has 0 radical (unpaired) electrons. The average Bonchev–Trinajstić information content (AvgIpc) is 2.94. The third-order valence-corrected chi connectivity index (χ3v) is 6.79. The molecule has 1 aromatic heterocycles. The molecular weight excluding hydrogens is 366 g/mol. The maximum Gasteiger partial charge on any atom is 0.229 e. The van der Waals surface area contributed by atoms with Crippen LogP contribution in [0.25, 0.3) is 0 Å². The van der Waals surface area contributed by atoms with Gasteiger partial charge in [0, 0.05) is 36.3 Å². The predicted octanol–water partition coefficient (Wildman–Crippen LogP) is 4.00. The Labute approximate surface area is 152 Å². The van der Waals surface area contributed by atoms with Crippen molar-refractivity contribution in [1.29, 1.82) is 0 Å². The molecule has 3 fully saturated rings. The molecule has 1 aliphatic carbocycles. The van der Waals surface area contributed by atoms with Gasteiger partial charge in [-0.15, -0.1) is 0 Å². The molecule has 5 heteroatoms. The standard InChI is InChI=1S/C19H26BrN3O/c20-15-6-7-17(21-14-15)22-11-8-19(9-12-22)10-13-23(18(19)24)16-4-2-1-3-5-16/h6-7,14,16H,1-5,8-13H2. The topological polar surface area (TPSA) is 36.4 Å². The zero-order valence-electron chi connectivity index (χ0n) is 14.2. The minimum absolute atomic E-state index is 0.0800. The van der Waals surface area contributed by atoms with Crippen LogP contribution < -0.4 is 4.90 Å². The molecule has 1 aromatic rings. The lowest BCUT2D eigenvalue weighted by Gasteiger charge is -2.39. The lowest BCUT2D eigenvalue weighted by molar-refractivity contribution is -0.139. The molecular formula is C19H26BrN3O. The highest BCUT2D eigenvalue weighted by Gasteiger charge is 2.49. The van der Waals surface area contributed by atoms with Crippen LogP contribution in [0.15, 0.2) is 22.8 Å². The summed E-state index contributed by atoms with van der Waals surface area (Å²) in [4.78, 5) is 22.2. The molecule has 4 rings (SSSR count). The summed E-state index contributed by atoms with van der Waals surface area (Å²) in [6, 6.07) is 4.63. The molecule has 2 saturated heterocycles. The van der Waals surface area contributed by atoms with Crippen LogP contribution in [-0.4, -0.2) is 41.5 Å². The van der Waals surface area contributed by atoms with E-state index in [0.717, 1.165) is 49.2 Å². The molecule has 1 saturated carbocycles. The van der Waals surface area contributed by atoms with Gasteiger partial charge in [-0.1, -0.05) is 19.3 Å². The summed E-state index contributed by atoms with van der Waals surface area (Å²) in [5, 5.41) is 0. The van der Waals surface area contributed by atoms with Gasteiger partial charge in [-0.2, -0.15) is 0 Å². The highest BCUT2D eigenvalue weighted by molar-refractivity contribution is 9.10. The molecule has 0 aromatic carbocycles. The fourth-order valence-corrected chi connectivity index (χ4v) is 5.01. The minimum atomic E-state index is -0.0800. The van der Waals surface area contributed by atoms with E-state index in [4.69, 9.17) is 0 Å². The number of hydrogen-bond donors (Lipinski definition) is 0. The summed E-state index contributed by atoms with van der Waals surface area (Å²) < 4.78 is 1.01. The highest BCUT2D eigenvalue weighted by Crippen LogP contribution is 2.44. The van der Waals surface area contributed by atoms with Crippen molar-refractivity contribution >= 4 is 27.7 Å². The van der Waals surface area contributed by atoms with Crippen molar-refractivity contribution in [3.63, 3.8) is 0 Å². The maximum atomic E-state index is 13.2. The average molecular weight is 392 g/mol. The second-order valence-electron chi connectivity index (χ2n) is 7.64. The third kappa shape index (κ3) is 2.96. The van der Waals surface area contributed by atoms with Crippen LogP contribution in [0.3, 0.4) is 0 Å². The maximum absolute atomic E-state index is 13.2. The molecule has 130 valence electrons. The van der Waals surface area contributed by atoms with E-state index < -0.39 is 0 Å². The summed E-state index contributed by atoms with van der Waals surface area (Å²) in [5.41, 5.74) is -0.0800. The number of rotatable bonds is 2. The van der Waals surface area contributed by atoms with Gasteiger partial charge in [0.25, 0.3) is 0 Å². The van der Waals surface area contributed by atoms with E-state index in [9.17, 15) is 4.79 Å². The molecule has 0 unspecified atom stereocenters. The molecule has 3 aliphatic rings. The molecule has 1 amide bonds. The number of carbonyl (C=O) groups is 1. The number of carbonyl (C=O) groups excluding carboxylic acids is 1. The molecule has 2 aliphatic heterocycles. The van der Waals surface area contributed by atoms with Crippen molar-refractivity contribution in [3.05, 3.63) is 22.8 Å². The molecule has 0 bridgehead atoms. The first kappa shape index (κ1) is 16.4.